The average molecular weight is 446 g/mol. The number of sulfonamides is 1. The van der Waals surface area contributed by atoms with Gasteiger partial charge in [0.25, 0.3) is 5.91 Å². The van der Waals surface area contributed by atoms with E-state index in [0.717, 1.165) is 5.56 Å². The highest BCUT2D eigenvalue weighted by Gasteiger charge is 2.34. The molecule has 1 aromatic carbocycles. The first-order valence-electron chi connectivity index (χ1n) is 9.73. The molecule has 2 aromatic heterocycles. The van der Waals surface area contributed by atoms with Gasteiger partial charge in [0.1, 0.15) is 5.69 Å². The number of amides is 1. The Kier molecular flexibility index (Phi) is 5.88. The van der Waals surface area contributed by atoms with Crippen LogP contribution in [0.5, 0.6) is 0 Å². The highest BCUT2D eigenvalue weighted by molar-refractivity contribution is 7.95. The zero-order valence-corrected chi connectivity index (χ0v) is 18.4. The molecule has 0 spiro atoms. The van der Waals surface area contributed by atoms with Gasteiger partial charge in [-0.2, -0.15) is 0 Å². The van der Waals surface area contributed by atoms with E-state index >= 15 is 0 Å². The predicted octanol–water partition coefficient (Wildman–Crippen LogP) is 3.82. The Hall–Kier alpha value is -2.33. The summed E-state index contributed by atoms with van der Waals surface area (Å²) < 4.78 is 33.1. The lowest BCUT2D eigenvalue weighted by Gasteiger charge is -2.32. The summed E-state index contributed by atoms with van der Waals surface area (Å²) in [6, 6.07) is 11.5. The summed E-state index contributed by atoms with van der Waals surface area (Å²) in [7, 11) is -3.70. The number of carbonyl (C=O) groups is 1. The van der Waals surface area contributed by atoms with E-state index in [1.165, 1.54) is 4.88 Å². The van der Waals surface area contributed by atoms with Gasteiger partial charge in [0.05, 0.1) is 6.04 Å². The van der Waals surface area contributed by atoms with E-state index in [0.29, 0.717) is 37.2 Å². The fourth-order valence-electron chi connectivity index (χ4n) is 3.74. The van der Waals surface area contributed by atoms with Crippen LogP contribution in [0.1, 0.15) is 34.7 Å². The second kappa shape index (κ2) is 8.43. The SMILES string of the molecule is Cc1noc(C)c1[S+](=O)([O-])NC1CCN(C(=O)c2ccc(-c3cccs3)cc2)CC1. The smallest absolute Gasteiger partial charge is 0.253 e. The maximum Gasteiger partial charge on any atom is 0.253 e. The summed E-state index contributed by atoms with van der Waals surface area (Å²) in [5, 5.41) is 5.75. The van der Waals surface area contributed by atoms with Crippen LogP contribution in [0.2, 0.25) is 0 Å². The van der Waals surface area contributed by atoms with E-state index in [9.17, 15) is 13.6 Å². The molecule has 7 nitrogen and oxygen atoms in total. The van der Waals surface area contributed by atoms with Crippen molar-refractivity contribution >= 4 is 27.6 Å². The molecule has 1 aliphatic rings. The third-order valence-electron chi connectivity index (χ3n) is 5.28. The van der Waals surface area contributed by atoms with Crippen molar-refractivity contribution in [2.75, 3.05) is 13.1 Å². The van der Waals surface area contributed by atoms with Gasteiger partial charge in [0.2, 0.25) is 4.90 Å². The molecule has 1 unspecified atom stereocenters. The number of rotatable bonds is 5. The van der Waals surface area contributed by atoms with E-state index in [-0.39, 0.29) is 22.6 Å². The van der Waals surface area contributed by atoms with Crippen LogP contribution in [0, 0.1) is 13.8 Å². The fourth-order valence-corrected chi connectivity index (χ4v) is 6.11. The van der Waals surface area contributed by atoms with Crippen LogP contribution in [0.3, 0.4) is 0 Å². The Labute approximate surface area is 180 Å². The first kappa shape index (κ1) is 20.9. The minimum Gasteiger partial charge on any atom is -0.593 e. The molecule has 3 aromatic rings. The Bertz CT molecular complexity index is 1050. The molecule has 4 rings (SSSR count). The largest absolute Gasteiger partial charge is 0.593 e. The van der Waals surface area contributed by atoms with Crippen LogP contribution in [0.4, 0.5) is 0 Å². The molecular formula is C21H23N3O4S2. The molecule has 3 heterocycles. The number of nitrogens with one attached hydrogen (secondary N) is 1. The van der Waals surface area contributed by atoms with Crippen molar-refractivity contribution in [1.29, 1.82) is 0 Å². The van der Waals surface area contributed by atoms with Crippen molar-refractivity contribution < 1.29 is 18.1 Å². The van der Waals surface area contributed by atoms with E-state index in [2.05, 4.69) is 15.9 Å². The van der Waals surface area contributed by atoms with E-state index in [4.69, 9.17) is 4.52 Å². The van der Waals surface area contributed by atoms with Gasteiger partial charge in [-0.1, -0.05) is 27.6 Å². The molecule has 158 valence electrons. The lowest BCUT2D eigenvalue weighted by Crippen LogP contribution is -2.48. The Morgan fingerprint density at radius 3 is 2.50 bits per heavy atom. The maximum absolute atomic E-state index is 12.8. The zero-order chi connectivity index (χ0) is 21.3. The van der Waals surface area contributed by atoms with Gasteiger partial charge in [-0.15, -0.1) is 16.1 Å². The number of aryl methyl sites for hydroxylation is 2. The number of carbonyl (C=O) groups excluding carboxylic acids is 1. The number of aromatic nitrogens is 1. The molecule has 30 heavy (non-hydrogen) atoms. The van der Waals surface area contributed by atoms with Crippen LogP contribution >= 0.6 is 11.3 Å². The van der Waals surface area contributed by atoms with E-state index < -0.39 is 10.4 Å². The number of thiophene rings is 1. The zero-order valence-electron chi connectivity index (χ0n) is 16.8. The van der Waals surface area contributed by atoms with Gasteiger partial charge in [0, 0.05) is 30.5 Å². The van der Waals surface area contributed by atoms with Gasteiger partial charge in [-0.3, -0.25) is 4.79 Å². The Morgan fingerprint density at radius 1 is 1.23 bits per heavy atom. The normalized spacial score (nSPS) is 17.1. The minimum atomic E-state index is -3.70. The van der Waals surface area contributed by atoms with Crippen molar-refractivity contribution in [1.82, 2.24) is 14.8 Å². The van der Waals surface area contributed by atoms with Crippen molar-refractivity contribution in [2.45, 2.75) is 37.6 Å². The van der Waals surface area contributed by atoms with Crippen LogP contribution in [0.25, 0.3) is 10.4 Å². The molecule has 1 amide bonds. The molecule has 0 aliphatic carbocycles. The third-order valence-corrected chi connectivity index (χ3v) is 7.96. The highest BCUT2D eigenvalue weighted by Crippen LogP contribution is 2.26. The molecule has 1 aliphatic heterocycles. The number of likely N-dealkylation sites (tertiary alicyclic amines) is 1. The maximum atomic E-state index is 12.8. The minimum absolute atomic E-state index is 0.0280. The third kappa shape index (κ3) is 4.24. The van der Waals surface area contributed by atoms with Crippen molar-refractivity contribution in [3.8, 4) is 10.4 Å². The number of hydrogen-bond donors (Lipinski definition) is 1. The number of hydrogen-bond acceptors (Lipinski definition) is 6. The van der Waals surface area contributed by atoms with Crippen molar-refractivity contribution in [2.24, 2.45) is 0 Å². The fraction of sp³-hybridized carbons (Fsp3) is 0.333. The molecular weight excluding hydrogens is 422 g/mol. The predicted molar refractivity (Wildman–Crippen MR) is 115 cm³/mol. The summed E-state index contributed by atoms with van der Waals surface area (Å²) in [5.41, 5.74) is 2.08. The molecule has 0 bridgehead atoms. The van der Waals surface area contributed by atoms with Crippen LogP contribution in [-0.4, -0.2) is 39.6 Å². The van der Waals surface area contributed by atoms with Crippen LogP contribution in [0.15, 0.2) is 51.2 Å². The summed E-state index contributed by atoms with van der Waals surface area (Å²) >= 11 is 1.66. The molecule has 1 fully saturated rings. The van der Waals surface area contributed by atoms with Crippen LogP contribution in [-0.2, 0) is 14.6 Å². The quantitative estimate of drug-likeness (QED) is 0.602. The van der Waals surface area contributed by atoms with Gasteiger partial charge >= 0.3 is 0 Å². The van der Waals surface area contributed by atoms with Crippen LogP contribution < -0.4 is 4.72 Å². The van der Waals surface area contributed by atoms with E-state index in [1.54, 1.807) is 30.1 Å². The first-order chi connectivity index (χ1) is 14.3. The molecule has 0 radical (unpaired) electrons. The Morgan fingerprint density at radius 2 is 1.93 bits per heavy atom. The number of nitrogens with zero attached hydrogens (tertiary/aromatic N) is 2. The first-order valence-corrected chi connectivity index (χ1v) is 12.1. The molecule has 1 N–H and O–H groups in total. The number of piperidine rings is 1. The molecule has 0 saturated carbocycles. The van der Waals surface area contributed by atoms with Gasteiger partial charge in [-0.25, -0.2) is 0 Å². The summed E-state index contributed by atoms with van der Waals surface area (Å²) in [4.78, 5) is 15.9. The molecule has 9 heteroatoms. The standard InChI is InChI=1S/C21H23N3O4S2/c1-14-20(15(2)28-22-14)30(26,27)23-18-9-11-24(12-10-18)21(25)17-7-5-16(6-8-17)19-4-3-13-29-19/h3-8,13,18H,9-12H2,1-2H3,(H-,23,26,27). The average Bonchev–Trinajstić information content (AvgIpc) is 3.38. The topological polar surface area (TPSA) is 98.5 Å². The summed E-state index contributed by atoms with van der Waals surface area (Å²) in [5.74, 6) is 0.248. The van der Waals surface area contributed by atoms with E-state index in [1.807, 2.05) is 35.7 Å². The van der Waals surface area contributed by atoms with Gasteiger partial charge in [-0.05, 0) is 48.9 Å². The highest BCUT2D eigenvalue weighted by atomic mass is 32.3. The lowest BCUT2D eigenvalue weighted by atomic mass is 10.0. The van der Waals surface area contributed by atoms with Gasteiger partial charge < -0.3 is 14.0 Å². The molecule has 1 saturated heterocycles. The second-order valence-corrected chi connectivity index (χ2v) is 9.99. The lowest BCUT2D eigenvalue weighted by molar-refractivity contribution is 0.0711. The van der Waals surface area contributed by atoms with Gasteiger partial charge in [0.15, 0.2) is 16.2 Å². The monoisotopic (exact) mass is 445 g/mol. The summed E-state index contributed by atoms with van der Waals surface area (Å²) in [6.07, 6.45) is 1.11. The second-order valence-electron chi connectivity index (χ2n) is 7.40. The summed E-state index contributed by atoms with van der Waals surface area (Å²) in [6.45, 7) is 4.19. The van der Waals surface area contributed by atoms with Crippen molar-refractivity contribution in [3.63, 3.8) is 0 Å². The van der Waals surface area contributed by atoms with Crippen molar-refractivity contribution in [3.05, 3.63) is 58.8 Å². The Balaban J connectivity index is 1.36. The molecule has 1 atom stereocenters. The number of benzene rings is 1.